The molecule has 2 heterocycles. The van der Waals surface area contributed by atoms with Crippen LogP contribution in [-0.4, -0.2) is 35.3 Å². The zero-order chi connectivity index (χ0) is 17.8. The van der Waals surface area contributed by atoms with Crippen LogP contribution in [0.4, 0.5) is 4.39 Å². The van der Waals surface area contributed by atoms with Crippen LogP contribution in [0.5, 0.6) is 0 Å². The summed E-state index contributed by atoms with van der Waals surface area (Å²) in [5, 5.41) is 2.90. The number of halogens is 1. The number of nitrogens with one attached hydrogen (secondary N) is 1. The molecule has 0 unspecified atom stereocenters. The summed E-state index contributed by atoms with van der Waals surface area (Å²) in [7, 11) is 1.71. The van der Waals surface area contributed by atoms with E-state index in [1.807, 2.05) is 6.07 Å². The van der Waals surface area contributed by atoms with Gasteiger partial charge in [0.2, 0.25) is 11.8 Å². The number of benzene rings is 1. The highest BCUT2D eigenvalue weighted by Gasteiger charge is 2.42. The summed E-state index contributed by atoms with van der Waals surface area (Å²) in [5.74, 6) is -0.907. The van der Waals surface area contributed by atoms with Gasteiger partial charge in [-0.3, -0.25) is 14.6 Å². The van der Waals surface area contributed by atoms with E-state index in [0.717, 1.165) is 11.1 Å². The normalized spacial score (nSPS) is 19.9. The summed E-state index contributed by atoms with van der Waals surface area (Å²) < 4.78 is 12.9. The second-order valence-corrected chi connectivity index (χ2v) is 6.21. The van der Waals surface area contributed by atoms with Crippen molar-refractivity contribution in [3.63, 3.8) is 0 Å². The molecule has 1 aliphatic heterocycles. The Kier molecular flexibility index (Phi) is 5.07. The first-order valence-corrected chi connectivity index (χ1v) is 8.24. The van der Waals surface area contributed by atoms with E-state index in [2.05, 4.69) is 10.3 Å². The number of aromatic nitrogens is 1. The molecule has 5 nitrogen and oxygen atoms in total. The highest BCUT2D eigenvalue weighted by atomic mass is 19.1. The lowest BCUT2D eigenvalue weighted by Crippen LogP contribution is -2.35. The first-order chi connectivity index (χ1) is 12.1. The molecule has 1 N–H and O–H groups in total. The summed E-state index contributed by atoms with van der Waals surface area (Å²) in [6.45, 7) is 0.443. The van der Waals surface area contributed by atoms with Crippen molar-refractivity contribution in [3.05, 3.63) is 65.7 Å². The van der Waals surface area contributed by atoms with Crippen LogP contribution >= 0.6 is 0 Å². The van der Waals surface area contributed by atoms with Crippen LogP contribution in [0.2, 0.25) is 0 Å². The first-order valence-electron chi connectivity index (χ1n) is 8.24. The fraction of sp³-hybridized carbons (Fsp3) is 0.316. The lowest BCUT2D eigenvalue weighted by molar-refractivity contribution is -0.128. The molecule has 1 aromatic heterocycles. The maximum atomic E-state index is 12.9. The van der Waals surface area contributed by atoms with Gasteiger partial charge in [-0.05, 0) is 35.7 Å². The fourth-order valence-electron chi connectivity index (χ4n) is 3.22. The number of amides is 2. The van der Waals surface area contributed by atoms with Gasteiger partial charge in [0.05, 0.1) is 12.0 Å². The molecular formula is C19H20FN3O2. The molecule has 1 saturated heterocycles. The standard InChI is InChI=1S/C19H20FN3O2/c1-23-17(24)11-16(18(23)14-3-2-9-21-12-14)19(25)22-10-8-13-4-6-15(20)7-5-13/h2-7,9,12,16,18H,8,10-11H2,1H3,(H,22,25)/t16-,18-/m0/s1. The molecule has 3 rings (SSSR count). The van der Waals surface area contributed by atoms with Crippen molar-refractivity contribution in [2.45, 2.75) is 18.9 Å². The molecule has 2 aromatic rings. The van der Waals surface area contributed by atoms with Crippen molar-refractivity contribution in [1.29, 1.82) is 0 Å². The van der Waals surface area contributed by atoms with E-state index in [4.69, 9.17) is 0 Å². The predicted octanol–water partition coefficient (Wildman–Crippen LogP) is 2.10. The average molecular weight is 341 g/mol. The van der Waals surface area contributed by atoms with Gasteiger partial charge in [0, 0.05) is 32.4 Å². The number of carbonyl (C=O) groups is 2. The molecule has 0 radical (unpaired) electrons. The Hall–Kier alpha value is -2.76. The Morgan fingerprint density at radius 1 is 1.32 bits per heavy atom. The van der Waals surface area contributed by atoms with Crippen molar-refractivity contribution in [1.82, 2.24) is 15.2 Å². The van der Waals surface area contributed by atoms with Crippen LogP contribution in [0.25, 0.3) is 0 Å². The third-order valence-corrected chi connectivity index (χ3v) is 4.58. The summed E-state index contributed by atoms with van der Waals surface area (Å²) in [5.41, 5.74) is 1.81. The molecule has 2 amide bonds. The average Bonchev–Trinajstić information content (AvgIpc) is 2.92. The summed E-state index contributed by atoms with van der Waals surface area (Å²) in [4.78, 5) is 30.4. The molecule has 25 heavy (non-hydrogen) atoms. The summed E-state index contributed by atoms with van der Waals surface area (Å²) in [6, 6.07) is 9.59. The number of rotatable bonds is 5. The minimum absolute atomic E-state index is 0.0486. The zero-order valence-electron chi connectivity index (χ0n) is 14.0. The topological polar surface area (TPSA) is 62.3 Å². The molecule has 130 valence electrons. The molecule has 0 saturated carbocycles. The largest absolute Gasteiger partial charge is 0.355 e. The van der Waals surface area contributed by atoms with Crippen molar-refractivity contribution < 1.29 is 14.0 Å². The number of likely N-dealkylation sites (tertiary alicyclic amines) is 1. The Balaban J connectivity index is 1.63. The number of hydrogen-bond acceptors (Lipinski definition) is 3. The van der Waals surface area contributed by atoms with Gasteiger partial charge in [0.1, 0.15) is 5.82 Å². The Morgan fingerprint density at radius 3 is 2.76 bits per heavy atom. The number of hydrogen-bond donors (Lipinski definition) is 1. The van der Waals surface area contributed by atoms with Crippen LogP contribution in [0.15, 0.2) is 48.8 Å². The second-order valence-electron chi connectivity index (χ2n) is 6.21. The van der Waals surface area contributed by atoms with Gasteiger partial charge in [0.15, 0.2) is 0 Å². The highest BCUT2D eigenvalue weighted by Crippen LogP contribution is 2.36. The van der Waals surface area contributed by atoms with Gasteiger partial charge in [0.25, 0.3) is 0 Å². The van der Waals surface area contributed by atoms with E-state index in [9.17, 15) is 14.0 Å². The van der Waals surface area contributed by atoms with Gasteiger partial charge in [-0.1, -0.05) is 18.2 Å². The maximum Gasteiger partial charge on any atom is 0.226 e. The molecule has 6 heteroatoms. The van der Waals surface area contributed by atoms with Crippen LogP contribution in [-0.2, 0) is 16.0 Å². The van der Waals surface area contributed by atoms with Crippen LogP contribution < -0.4 is 5.32 Å². The summed E-state index contributed by atoms with van der Waals surface area (Å²) >= 11 is 0. The Labute approximate surface area is 145 Å². The van der Waals surface area contributed by atoms with Crippen LogP contribution in [0.3, 0.4) is 0 Å². The molecule has 0 aliphatic carbocycles. The van der Waals surface area contributed by atoms with Crippen molar-refractivity contribution in [2.24, 2.45) is 5.92 Å². The quantitative estimate of drug-likeness (QED) is 0.906. The van der Waals surface area contributed by atoms with E-state index < -0.39 is 5.92 Å². The van der Waals surface area contributed by atoms with Crippen LogP contribution in [0, 0.1) is 11.7 Å². The van der Waals surface area contributed by atoms with E-state index >= 15 is 0 Å². The number of pyridine rings is 1. The predicted molar refractivity (Wildman–Crippen MR) is 91.0 cm³/mol. The number of carbonyl (C=O) groups excluding carboxylic acids is 2. The molecule has 0 bridgehead atoms. The minimum Gasteiger partial charge on any atom is -0.355 e. The first kappa shape index (κ1) is 17.1. The van der Waals surface area contributed by atoms with E-state index in [0.29, 0.717) is 13.0 Å². The molecule has 2 atom stereocenters. The molecule has 1 aromatic carbocycles. The monoisotopic (exact) mass is 341 g/mol. The Bertz CT molecular complexity index is 749. The lowest BCUT2D eigenvalue weighted by Gasteiger charge is -2.24. The van der Waals surface area contributed by atoms with Crippen molar-refractivity contribution >= 4 is 11.8 Å². The Morgan fingerprint density at radius 2 is 2.08 bits per heavy atom. The number of nitrogens with zero attached hydrogens (tertiary/aromatic N) is 2. The van der Waals surface area contributed by atoms with Gasteiger partial charge < -0.3 is 10.2 Å². The molecule has 1 aliphatic rings. The van der Waals surface area contributed by atoms with Crippen LogP contribution in [0.1, 0.15) is 23.6 Å². The fourth-order valence-corrected chi connectivity index (χ4v) is 3.22. The van der Waals surface area contributed by atoms with Gasteiger partial charge in [-0.2, -0.15) is 0 Å². The zero-order valence-corrected chi connectivity index (χ0v) is 14.0. The second kappa shape index (κ2) is 7.42. The molecule has 0 spiro atoms. The SMILES string of the molecule is CN1C(=O)C[C@H](C(=O)NCCc2ccc(F)cc2)[C@@H]1c1cccnc1. The molecular weight excluding hydrogens is 321 g/mol. The van der Waals surface area contributed by atoms with E-state index in [1.54, 1.807) is 42.5 Å². The highest BCUT2D eigenvalue weighted by molar-refractivity contribution is 5.90. The van der Waals surface area contributed by atoms with Crippen molar-refractivity contribution in [2.75, 3.05) is 13.6 Å². The van der Waals surface area contributed by atoms with Gasteiger partial charge >= 0.3 is 0 Å². The molecule has 1 fully saturated rings. The van der Waals surface area contributed by atoms with Gasteiger partial charge in [-0.15, -0.1) is 0 Å². The minimum atomic E-state index is -0.435. The smallest absolute Gasteiger partial charge is 0.226 e. The maximum absolute atomic E-state index is 12.9. The third-order valence-electron chi connectivity index (χ3n) is 4.58. The van der Waals surface area contributed by atoms with E-state index in [1.165, 1.54) is 12.1 Å². The van der Waals surface area contributed by atoms with Crippen molar-refractivity contribution in [3.8, 4) is 0 Å². The third kappa shape index (κ3) is 3.84. The lowest BCUT2D eigenvalue weighted by atomic mass is 9.94. The van der Waals surface area contributed by atoms with E-state index in [-0.39, 0.29) is 30.1 Å². The summed E-state index contributed by atoms with van der Waals surface area (Å²) in [6.07, 6.45) is 4.16. The van der Waals surface area contributed by atoms with Gasteiger partial charge in [-0.25, -0.2) is 4.39 Å².